The first-order valence-corrected chi connectivity index (χ1v) is 29.8. The standard InChI is InChI=1S/C52H90S2.C12H10S2/c1-43(2,3)31-33(45(7,8)9)37(49(19,20)21)41(38(50(22,23)24)34(31)46(10,11)12)53-54-42-39(51(25,26)27)35(47(13,14)15)32(44(4,5)6)36(48(16,17)18)40(42)52(28,29)30;1-3-7-11(8-4-1)13-14-12-9-5-2-6-10-12/h1-30H3;1-10H. The van der Waals surface area contributed by atoms with Gasteiger partial charge in [-0.1, -0.05) is 287 Å². The molecular formula is C64H100S4. The van der Waals surface area contributed by atoms with E-state index in [-0.39, 0.29) is 54.1 Å². The van der Waals surface area contributed by atoms with E-state index < -0.39 is 0 Å². The van der Waals surface area contributed by atoms with E-state index in [1.807, 2.05) is 12.1 Å². The quantitative estimate of drug-likeness (QED) is 0.177. The minimum atomic E-state index is -0.0646. The second kappa shape index (κ2) is 20.7. The Morgan fingerprint density at radius 3 is 0.485 bits per heavy atom. The van der Waals surface area contributed by atoms with Crippen molar-refractivity contribution in [2.24, 2.45) is 0 Å². The van der Waals surface area contributed by atoms with E-state index >= 15 is 0 Å². The Morgan fingerprint density at radius 1 is 0.191 bits per heavy atom. The van der Waals surface area contributed by atoms with E-state index in [1.54, 1.807) is 77.2 Å². The van der Waals surface area contributed by atoms with Crippen molar-refractivity contribution >= 4 is 43.2 Å². The Balaban J connectivity index is 0.000000736. The molecule has 0 N–H and O–H groups in total. The Bertz CT molecular complexity index is 2050. The molecule has 4 rings (SSSR count). The Hall–Kier alpha value is -1.72. The van der Waals surface area contributed by atoms with Crippen molar-refractivity contribution in [2.45, 2.75) is 281 Å². The van der Waals surface area contributed by atoms with Crippen LogP contribution >= 0.6 is 43.2 Å². The monoisotopic (exact) mass is 997 g/mol. The Morgan fingerprint density at radius 2 is 0.338 bits per heavy atom. The lowest BCUT2D eigenvalue weighted by atomic mass is 9.61. The molecule has 4 aromatic carbocycles. The van der Waals surface area contributed by atoms with Crippen LogP contribution in [-0.4, -0.2) is 0 Å². The van der Waals surface area contributed by atoms with Crippen molar-refractivity contribution < 1.29 is 0 Å². The summed E-state index contributed by atoms with van der Waals surface area (Å²) in [5.41, 5.74) is 15.1. The van der Waals surface area contributed by atoms with Crippen molar-refractivity contribution in [1.82, 2.24) is 0 Å². The minimum Gasteiger partial charge on any atom is -0.0622 e. The molecule has 4 aromatic rings. The van der Waals surface area contributed by atoms with Crippen LogP contribution in [0.4, 0.5) is 0 Å². The van der Waals surface area contributed by atoms with Gasteiger partial charge >= 0.3 is 0 Å². The van der Waals surface area contributed by atoms with Crippen molar-refractivity contribution in [3.8, 4) is 0 Å². The first-order valence-electron chi connectivity index (χ1n) is 25.5. The van der Waals surface area contributed by atoms with E-state index in [9.17, 15) is 0 Å². The third-order valence-electron chi connectivity index (χ3n) is 12.3. The predicted octanol–water partition coefficient (Wildman–Crippen LogP) is 21.9. The fourth-order valence-corrected chi connectivity index (χ4v) is 15.7. The van der Waals surface area contributed by atoms with Crippen LogP contribution in [0, 0.1) is 0 Å². The molecule has 0 amide bonds. The molecule has 0 spiro atoms. The molecule has 0 fully saturated rings. The topological polar surface area (TPSA) is 0 Å². The highest BCUT2D eigenvalue weighted by Gasteiger charge is 2.46. The van der Waals surface area contributed by atoms with Gasteiger partial charge < -0.3 is 0 Å². The number of benzene rings is 4. The van der Waals surface area contributed by atoms with Gasteiger partial charge in [-0.25, -0.2) is 0 Å². The highest BCUT2D eigenvalue weighted by molar-refractivity contribution is 8.77. The summed E-state index contributed by atoms with van der Waals surface area (Å²) >= 11 is 0. The second-order valence-electron chi connectivity index (χ2n) is 29.9. The molecule has 0 bridgehead atoms. The largest absolute Gasteiger partial charge is 0.0622 e. The molecule has 0 nitrogen and oxygen atoms in total. The van der Waals surface area contributed by atoms with Gasteiger partial charge in [0.2, 0.25) is 0 Å². The van der Waals surface area contributed by atoms with Gasteiger partial charge in [0, 0.05) is 19.6 Å². The van der Waals surface area contributed by atoms with Crippen LogP contribution in [0.2, 0.25) is 0 Å². The highest BCUT2D eigenvalue weighted by atomic mass is 33.1. The molecule has 0 unspecified atom stereocenters. The predicted molar refractivity (Wildman–Crippen MR) is 316 cm³/mol. The Kier molecular flexibility index (Phi) is 18.4. The summed E-state index contributed by atoms with van der Waals surface area (Å²) in [4.78, 5) is 5.58. The summed E-state index contributed by atoms with van der Waals surface area (Å²) in [6.45, 7) is 73.9. The fraction of sp³-hybridized carbons (Fsp3) is 0.625. The van der Waals surface area contributed by atoms with Gasteiger partial charge in [0.15, 0.2) is 0 Å². The van der Waals surface area contributed by atoms with Crippen molar-refractivity contribution in [3.63, 3.8) is 0 Å². The van der Waals surface area contributed by atoms with Gasteiger partial charge in [0.05, 0.1) is 0 Å². The van der Waals surface area contributed by atoms with Gasteiger partial charge in [-0.15, -0.1) is 0 Å². The maximum atomic E-state index is 2.47. The van der Waals surface area contributed by atoms with Crippen molar-refractivity contribution in [1.29, 1.82) is 0 Å². The van der Waals surface area contributed by atoms with E-state index in [4.69, 9.17) is 0 Å². The third kappa shape index (κ3) is 14.7. The second-order valence-corrected chi connectivity index (χ2v) is 34.3. The minimum absolute atomic E-state index is 0.0214. The average Bonchev–Trinajstić information content (AvgIpc) is 3.11. The Labute approximate surface area is 437 Å². The zero-order valence-electron chi connectivity index (χ0n) is 49.4. The van der Waals surface area contributed by atoms with Crippen LogP contribution in [0.3, 0.4) is 0 Å². The van der Waals surface area contributed by atoms with E-state index in [2.05, 4.69) is 278 Å². The zero-order chi connectivity index (χ0) is 53.0. The van der Waals surface area contributed by atoms with Gasteiger partial charge in [0.25, 0.3) is 0 Å². The molecule has 0 saturated carbocycles. The maximum Gasteiger partial charge on any atom is 0.0267 e. The van der Waals surface area contributed by atoms with Gasteiger partial charge in [-0.3, -0.25) is 0 Å². The summed E-state index contributed by atoms with van der Waals surface area (Å²) in [5.74, 6) is 0. The van der Waals surface area contributed by atoms with E-state index in [0.717, 1.165) is 0 Å². The lowest BCUT2D eigenvalue weighted by Gasteiger charge is -2.46. The smallest absolute Gasteiger partial charge is 0.0267 e. The van der Waals surface area contributed by atoms with Gasteiger partial charge in [0.1, 0.15) is 0 Å². The molecule has 4 heteroatoms. The maximum absolute atomic E-state index is 2.47. The van der Waals surface area contributed by atoms with Crippen LogP contribution in [0.15, 0.2) is 80.2 Å². The van der Waals surface area contributed by atoms with Crippen LogP contribution in [0.1, 0.15) is 263 Å². The number of rotatable bonds is 6. The van der Waals surface area contributed by atoms with Crippen molar-refractivity contribution in [2.75, 3.05) is 0 Å². The number of hydrogen-bond acceptors (Lipinski definition) is 4. The molecule has 0 aliphatic carbocycles. The molecule has 0 saturated heterocycles. The zero-order valence-corrected chi connectivity index (χ0v) is 52.7. The van der Waals surface area contributed by atoms with Crippen LogP contribution in [0.5, 0.6) is 0 Å². The molecule has 0 radical (unpaired) electrons. The molecule has 0 aromatic heterocycles. The van der Waals surface area contributed by atoms with Gasteiger partial charge in [-0.2, -0.15) is 0 Å². The molecular weight excluding hydrogens is 897 g/mol. The molecule has 0 heterocycles. The summed E-state index contributed by atoms with van der Waals surface area (Å²) in [7, 11) is 7.76. The number of hydrogen-bond donors (Lipinski definition) is 0. The molecule has 0 aliphatic heterocycles. The van der Waals surface area contributed by atoms with Crippen LogP contribution in [0.25, 0.3) is 0 Å². The normalized spacial score (nSPS) is 14.0. The summed E-state index contributed by atoms with van der Waals surface area (Å²) in [6.07, 6.45) is 0. The lowest BCUT2D eigenvalue weighted by Crippen LogP contribution is -2.36. The third-order valence-corrected chi connectivity index (χ3v) is 17.2. The molecule has 0 aliphatic rings. The summed E-state index contributed by atoms with van der Waals surface area (Å²) in [6, 6.07) is 20.8. The highest BCUT2D eigenvalue weighted by Crippen LogP contribution is 2.60. The van der Waals surface area contributed by atoms with Gasteiger partial charge in [-0.05, 0) is 134 Å². The first kappa shape index (κ1) is 60.6. The summed E-state index contributed by atoms with van der Waals surface area (Å²) < 4.78 is 0. The fourth-order valence-electron chi connectivity index (χ4n) is 10.1. The molecule has 380 valence electrons. The van der Waals surface area contributed by atoms with Crippen LogP contribution < -0.4 is 0 Å². The summed E-state index contributed by atoms with van der Waals surface area (Å²) in [5, 5.41) is 0. The first-order chi connectivity index (χ1) is 30.2. The lowest BCUT2D eigenvalue weighted by molar-refractivity contribution is 0.448. The van der Waals surface area contributed by atoms with E-state index in [1.165, 1.54) is 19.6 Å². The molecule has 68 heavy (non-hydrogen) atoms. The van der Waals surface area contributed by atoms with Crippen molar-refractivity contribution in [3.05, 3.63) is 116 Å². The average molecular weight is 998 g/mol. The van der Waals surface area contributed by atoms with E-state index in [0.29, 0.717) is 0 Å². The van der Waals surface area contributed by atoms with Crippen LogP contribution in [-0.2, 0) is 54.1 Å². The SMILES string of the molecule is CC(C)(C)c1c(SSc2c(C(C)(C)C)c(C(C)(C)C)c(C(C)(C)C)c(C(C)(C)C)c2C(C)(C)C)c(C(C)(C)C)c(C(C)(C)C)c(C(C)(C)C)c1C(C)(C)C.c1ccc(SSc2ccccc2)cc1. The molecule has 0 atom stereocenters.